The second-order valence-corrected chi connectivity index (χ2v) is 8.42. The minimum absolute atomic E-state index is 0.265. The average molecular weight is 504 g/mol. The molecular formula is C30H37N3O4. The molecule has 0 spiro atoms. The number of benzene rings is 3. The van der Waals surface area contributed by atoms with Gasteiger partial charge in [-0.05, 0) is 75.3 Å². The average Bonchev–Trinajstić information content (AvgIpc) is 2.91. The number of anilines is 2. The molecule has 3 aromatic carbocycles. The fourth-order valence-electron chi connectivity index (χ4n) is 4.07. The lowest BCUT2D eigenvalue weighted by Crippen LogP contribution is -2.25. The van der Waals surface area contributed by atoms with E-state index in [9.17, 15) is 9.59 Å². The van der Waals surface area contributed by atoms with Crippen molar-refractivity contribution in [3.63, 3.8) is 0 Å². The zero-order valence-corrected chi connectivity index (χ0v) is 22.2. The molecule has 196 valence electrons. The standard InChI is InChI=1S/C30H37N3O4/c1-5-33(6-2)20-19-22-17-18-23(31-29(34)24-13-9-11-15-27(24)36-7-3)21-26(22)32-30(35)25-14-10-12-16-28(25)37-8-4/h9-18,21H,5-8,19-20H2,1-4H3,(H,31,34)(H,32,35). The third-order valence-corrected chi connectivity index (χ3v) is 6.07. The summed E-state index contributed by atoms with van der Waals surface area (Å²) in [4.78, 5) is 28.7. The summed E-state index contributed by atoms with van der Waals surface area (Å²) in [6.07, 6.45) is 0.756. The van der Waals surface area contributed by atoms with Crippen LogP contribution in [0.2, 0.25) is 0 Å². The highest BCUT2D eigenvalue weighted by atomic mass is 16.5. The van der Waals surface area contributed by atoms with Gasteiger partial charge in [-0.15, -0.1) is 0 Å². The number of nitrogens with zero attached hydrogens (tertiary/aromatic N) is 1. The van der Waals surface area contributed by atoms with Crippen molar-refractivity contribution in [2.24, 2.45) is 0 Å². The summed E-state index contributed by atoms with van der Waals surface area (Å²) < 4.78 is 11.3. The smallest absolute Gasteiger partial charge is 0.259 e. The third-order valence-electron chi connectivity index (χ3n) is 6.07. The Bertz CT molecular complexity index is 1190. The molecule has 0 fully saturated rings. The van der Waals surface area contributed by atoms with Crippen LogP contribution < -0.4 is 20.1 Å². The second kappa shape index (κ2) is 14.0. The van der Waals surface area contributed by atoms with Gasteiger partial charge < -0.3 is 25.0 Å². The number of hydrogen-bond donors (Lipinski definition) is 2. The summed E-state index contributed by atoms with van der Waals surface area (Å²) in [7, 11) is 0. The van der Waals surface area contributed by atoms with Gasteiger partial charge in [-0.3, -0.25) is 9.59 Å². The number of likely N-dealkylation sites (N-methyl/N-ethyl adjacent to an activating group) is 1. The molecule has 0 atom stereocenters. The molecule has 2 amide bonds. The van der Waals surface area contributed by atoms with Gasteiger partial charge in [0.05, 0.1) is 24.3 Å². The summed E-state index contributed by atoms with van der Waals surface area (Å²) in [6, 6.07) is 19.9. The van der Waals surface area contributed by atoms with Crippen molar-refractivity contribution in [3.05, 3.63) is 83.4 Å². The maximum atomic E-state index is 13.3. The first kappa shape index (κ1) is 27.7. The SMILES string of the molecule is CCOc1ccccc1C(=O)Nc1ccc(CCN(CC)CC)c(NC(=O)c2ccccc2OCC)c1. The zero-order valence-electron chi connectivity index (χ0n) is 22.2. The largest absolute Gasteiger partial charge is 0.493 e. The Hall–Kier alpha value is -3.84. The number of carbonyl (C=O) groups excluding carboxylic acids is 2. The maximum Gasteiger partial charge on any atom is 0.259 e. The minimum Gasteiger partial charge on any atom is -0.493 e. The van der Waals surface area contributed by atoms with E-state index in [0.29, 0.717) is 47.2 Å². The molecule has 0 aromatic heterocycles. The topological polar surface area (TPSA) is 79.9 Å². The van der Waals surface area contributed by atoms with Gasteiger partial charge in [-0.25, -0.2) is 0 Å². The molecule has 0 unspecified atom stereocenters. The Morgan fingerprint density at radius 2 is 1.27 bits per heavy atom. The van der Waals surface area contributed by atoms with Gasteiger partial charge in [0, 0.05) is 17.9 Å². The Morgan fingerprint density at radius 3 is 1.81 bits per heavy atom. The van der Waals surface area contributed by atoms with Gasteiger partial charge in [0.25, 0.3) is 11.8 Å². The molecule has 0 aliphatic rings. The highest BCUT2D eigenvalue weighted by molar-refractivity contribution is 6.08. The lowest BCUT2D eigenvalue weighted by molar-refractivity contribution is 0.101. The fraction of sp³-hybridized carbons (Fsp3) is 0.333. The van der Waals surface area contributed by atoms with Gasteiger partial charge in [0.2, 0.25) is 0 Å². The van der Waals surface area contributed by atoms with Crippen LogP contribution in [-0.2, 0) is 6.42 Å². The van der Waals surface area contributed by atoms with Gasteiger partial charge >= 0.3 is 0 Å². The Labute approximate surface area is 219 Å². The molecular weight excluding hydrogens is 466 g/mol. The molecule has 0 radical (unpaired) electrons. The van der Waals surface area contributed by atoms with Crippen molar-refractivity contribution in [3.8, 4) is 11.5 Å². The molecule has 7 heteroatoms. The maximum absolute atomic E-state index is 13.3. The van der Waals surface area contributed by atoms with E-state index in [0.717, 1.165) is 31.6 Å². The second-order valence-electron chi connectivity index (χ2n) is 8.42. The van der Waals surface area contributed by atoms with Crippen LogP contribution in [0.3, 0.4) is 0 Å². The number of amides is 2. The number of para-hydroxylation sites is 2. The van der Waals surface area contributed by atoms with Crippen molar-refractivity contribution in [1.29, 1.82) is 0 Å². The van der Waals surface area contributed by atoms with E-state index in [1.807, 2.05) is 44.2 Å². The number of carbonyl (C=O) groups is 2. The molecule has 0 bridgehead atoms. The first-order chi connectivity index (χ1) is 18.0. The molecule has 0 heterocycles. The quantitative estimate of drug-likeness (QED) is 0.305. The zero-order chi connectivity index (χ0) is 26.6. The minimum atomic E-state index is -0.279. The Kier molecular flexibility index (Phi) is 10.5. The molecule has 0 saturated carbocycles. The van der Waals surface area contributed by atoms with Crippen molar-refractivity contribution < 1.29 is 19.1 Å². The first-order valence-corrected chi connectivity index (χ1v) is 12.9. The van der Waals surface area contributed by atoms with E-state index in [1.165, 1.54) is 0 Å². The van der Waals surface area contributed by atoms with Crippen LogP contribution in [0.1, 0.15) is 54.0 Å². The van der Waals surface area contributed by atoms with E-state index in [-0.39, 0.29) is 11.8 Å². The van der Waals surface area contributed by atoms with Crippen LogP contribution in [-0.4, -0.2) is 49.6 Å². The van der Waals surface area contributed by atoms with Crippen LogP contribution >= 0.6 is 0 Å². The van der Waals surface area contributed by atoms with Crippen LogP contribution in [0.4, 0.5) is 11.4 Å². The number of rotatable bonds is 13. The van der Waals surface area contributed by atoms with E-state index < -0.39 is 0 Å². The summed E-state index contributed by atoms with van der Waals surface area (Å²) >= 11 is 0. The number of ether oxygens (including phenoxy) is 2. The Morgan fingerprint density at radius 1 is 0.730 bits per heavy atom. The number of hydrogen-bond acceptors (Lipinski definition) is 5. The molecule has 3 aromatic rings. The van der Waals surface area contributed by atoms with Crippen molar-refractivity contribution in [1.82, 2.24) is 4.90 Å². The van der Waals surface area contributed by atoms with E-state index >= 15 is 0 Å². The molecule has 0 aliphatic heterocycles. The summed E-state index contributed by atoms with van der Waals surface area (Å²) in [5.74, 6) is 0.515. The van der Waals surface area contributed by atoms with Crippen LogP contribution in [0, 0.1) is 0 Å². The molecule has 3 rings (SSSR count). The third kappa shape index (κ3) is 7.57. The van der Waals surface area contributed by atoms with E-state index in [4.69, 9.17) is 9.47 Å². The molecule has 2 N–H and O–H groups in total. The van der Waals surface area contributed by atoms with Gasteiger partial charge in [-0.2, -0.15) is 0 Å². The summed E-state index contributed by atoms with van der Waals surface area (Å²) in [5, 5.41) is 6.01. The van der Waals surface area contributed by atoms with Crippen molar-refractivity contribution in [2.45, 2.75) is 34.1 Å². The van der Waals surface area contributed by atoms with Gasteiger partial charge in [0.1, 0.15) is 11.5 Å². The Balaban J connectivity index is 1.89. The normalized spacial score (nSPS) is 10.7. The fourth-order valence-corrected chi connectivity index (χ4v) is 4.07. The lowest BCUT2D eigenvalue weighted by Gasteiger charge is -2.20. The summed E-state index contributed by atoms with van der Waals surface area (Å²) in [5.41, 5.74) is 3.13. The highest BCUT2D eigenvalue weighted by Crippen LogP contribution is 2.26. The van der Waals surface area contributed by atoms with E-state index in [1.54, 1.807) is 36.4 Å². The van der Waals surface area contributed by atoms with Crippen LogP contribution in [0.15, 0.2) is 66.7 Å². The molecule has 7 nitrogen and oxygen atoms in total. The molecule has 0 aliphatic carbocycles. The van der Waals surface area contributed by atoms with Crippen molar-refractivity contribution >= 4 is 23.2 Å². The van der Waals surface area contributed by atoms with Gasteiger partial charge in [-0.1, -0.05) is 44.2 Å². The van der Waals surface area contributed by atoms with E-state index in [2.05, 4.69) is 29.4 Å². The van der Waals surface area contributed by atoms with Crippen LogP contribution in [0.5, 0.6) is 11.5 Å². The predicted molar refractivity (Wildman–Crippen MR) is 149 cm³/mol. The first-order valence-electron chi connectivity index (χ1n) is 12.9. The molecule has 37 heavy (non-hydrogen) atoms. The summed E-state index contributed by atoms with van der Waals surface area (Å²) in [6.45, 7) is 11.7. The highest BCUT2D eigenvalue weighted by Gasteiger charge is 2.17. The van der Waals surface area contributed by atoms with Crippen LogP contribution in [0.25, 0.3) is 0 Å². The lowest BCUT2D eigenvalue weighted by atomic mass is 10.1. The number of nitrogens with one attached hydrogen (secondary N) is 2. The monoisotopic (exact) mass is 503 g/mol. The molecule has 0 saturated heterocycles. The van der Waals surface area contributed by atoms with Gasteiger partial charge in [0.15, 0.2) is 0 Å². The van der Waals surface area contributed by atoms with Crippen molar-refractivity contribution in [2.75, 3.05) is 43.5 Å². The predicted octanol–water partition coefficient (Wildman–Crippen LogP) is 5.87.